The number of ether oxygens (including phenoxy) is 3. The van der Waals surface area contributed by atoms with Crippen LogP contribution in [0.1, 0.15) is 18.0 Å². The maximum atomic E-state index is 12.2. The fourth-order valence-electron chi connectivity index (χ4n) is 2.41. The average Bonchev–Trinajstić information content (AvgIpc) is 2.66. The molecule has 8 heteroatoms. The van der Waals surface area contributed by atoms with E-state index in [-0.39, 0.29) is 13.0 Å². The van der Waals surface area contributed by atoms with E-state index in [0.717, 1.165) is 0 Å². The Kier molecular flexibility index (Phi) is 7.31. The van der Waals surface area contributed by atoms with Gasteiger partial charge in [0.05, 0.1) is 26.7 Å². The maximum absolute atomic E-state index is 12.2. The van der Waals surface area contributed by atoms with Crippen molar-refractivity contribution in [3.05, 3.63) is 53.1 Å². The van der Waals surface area contributed by atoms with Gasteiger partial charge in [-0.15, -0.1) is 0 Å². The molecule has 0 aliphatic rings. The average molecular weight is 394 g/mol. The SMILES string of the molecule is COc1ccc(C(CC(=O)O)NC(=O)COc2ccc(Cl)cc2)cc1OC. The fourth-order valence-corrected chi connectivity index (χ4v) is 2.54. The second kappa shape index (κ2) is 9.68. The summed E-state index contributed by atoms with van der Waals surface area (Å²) in [6.45, 7) is -0.259. The molecule has 2 aromatic rings. The van der Waals surface area contributed by atoms with Crippen molar-refractivity contribution in [3.8, 4) is 17.2 Å². The van der Waals surface area contributed by atoms with Gasteiger partial charge in [0.15, 0.2) is 18.1 Å². The zero-order chi connectivity index (χ0) is 19.8. The number of aliphatic carboxylic acids is 1. The Morgan fingerprint density at radius 1 is 1.07 bits per heavy atom. The van der Waals surface area contributed by atoms with E-state index in [1.807, 2.05) is 0 Å². The highest BCUT2D eigenvalue weighted by atomic mass is 35.5. The van der Waals surface area contributed by atoms with Gasteiger partial charge < -0.3 is 24.6 Å². The third-order valence-corrected chi connectivity index (χ3v) is 3.96. The topological polar surface area (TPSA) is 94.1 Å². The van der Waals surface area contributed by atoms with Crippen LogP contribution < -0.4 is 19.5 Å². The Balaban J connectivity index is 2.08. The van der Waals surface area contributed by atoms with E-state index in [0.29, 0.717) is 27.8 Å². The summed E-state index contributed by atoms with van der Waals surface area (Å²) in [4.78, 5) is 23.4. The normalized spacial score (nSPS) is 11.4. The van der Waals surface area contributed by atoms with Crippen LogP contribution in [0.5, 0.6) is 17.2 Å². The van der Waals surface area contributed by atoms with Gasteiger partial charge in [0.25, 0.3) is 5.91 Å². The molecule has 0 saturated heterocycles. The van der Waals surface area contributed by atoms with E-state index in [4.69, 9.17) is 30.9 Å². The Hall–Kier alpha value is -2.93. The fraction of sp³-hybridized carbons (Fsp3) is 0.263. The van der Waals surface area contributed by atoms with Crippen molar-refractivity contribution in [2.24, 2.45) is 0 Å². The zero-order valence-corrected chi connectivity index (χ0v) is 15.7. The highest BCUT2D eigenvalue weighted by molar-refractivity contribution is 6.30. The first kappa shape index (κ1) is 20.4. The van der Waals surface area contributed by atoms with E-state index in [1.54, 1.807) is 42.5 Å². The van der Waals surface area contributed by atoms with Gasteiger partial charge in [0, 0.05) is 5.02 Å². The Labute approximate surface area is 161 Å². The molecule has 2 rings (SSSR count). The smallest absolute Gasteiger partial charge is 0.305 e. The molecule has 2 aromatic carbocycles. The summed E-state index contributed by atoms with van der Waals surface area (Å²) < 4.78 is 15.8. The zero-order valence-electron chi connectivity index (χ0n) is 14.9. The van der Waals surface area contributed by atoms with Gasteiger partial charge >= 0.3 is 5.97 Å². The molecule has 0 aliphatic heterocycles. The number of nitrogens with one attached hydrogen (secondary N) is 1. The molecule has 0 aliphatic carbocycles. The van der Waals surface area contributed by atoms with Crippen LogP contribution in [0.4, 0.5) is 0 Å². The minimum absolute atomic E-state index is 0.259. The predicted molar refractivity (Wildman–Crippen MR) is 99.6 cm³/mol. The van der Waals surface area contributed by atoms with E-state index in [1.165, 1.54) is 14.2 Å². The minimum Gasteiger partial charge on any atom is -0.493 e. The molecule has 144 valence electrons. The highest BCUT2D eigenvalue weighted by Gasteiger charge is 2.20. The Morgan fingerprint density at radius 3 is 2.33 bits per heavy atom. The van der Waals surface area contributed by atoms with Gasteiger partial charge in [-0.25, -0.2) is 0 Å². The molecule has 0 fully saturated rings. The van der Waals surface area contributed by atoms with E-state index < -0.39 is 17.9 Å². The summed E-state index contributed by atoms with van der Waals surface area (Å²) in [5.74, 6) is -0.0695. The maximum Gasteiger partial charge on any atom is 0.305 e. The lowest BCUT2D eigenvalue weighted by Gasteiger charge is -2.19. The predicted octanol–water partition coefficient (Wildman–Crippen LogP) is 3.07. The number of hydrogen-bond acceptors (Lipinski definition) is 5. The first-order valence-electron chi connectivity index (χ1n) is 8.04. The molecule has 2 N–H and O–H groups in total. The number of hydrogen-bond donors (Lipinski definition) is 2. The molecule has 1 atom stereocenters. The summed E-state index contributed by atoms with van der Waals surface area (Å²) >= 11 is 5.80. The number of halogens is 1. The summed E-state index contributed by atoms with van der Waals surface area (Å²) in [6, 6.07) is 10.8. The lowest BCUT2D eigenvalue weighted by Crippen LogP contribution is -2.33. The number of methoxy groups -OCH3 is 2. The molecule has 0 bridgehead atoms. The van der Waals surface area contributed by atoms with Gasteiger partial charge in [-0.1, -0.05) is 17.7 Å². The summed E-state index contributed by atoms with van der Waals surface area (Å²) in [5, 5.41) is 12.4. The Bertz CT molecular complexity index is 793. The van der Waals surface area contributed by atoms with Crippen molar-refractivity contribution in [2.45, 2.75) is 12.5 Å². The van der Waals surface area contributed by atoms with Gasteiger partial charge in [-0.05, 0) is 42.0 Å². The second-order valence-corrected chi connectivity index (χ2v) is 6.01. The van der Waals surface area contributed by atoms with Gasteiger partial charge in [-0.3, -0.25) is 9.59 Å². The molecule has 0 radical (unpaired) electrons. The largest absolute Gasteiger partial charge is 0.493 e. The Morgan fingerprint density at radius 2 is 1.74 bits per heavy atom. The number of benzene rings is 2. The lowest BCUT2D eigenvalue weighted by molar-refractivity contribution is -0.137. The van der Waals surface area contributed by atoms with Crippen LogP contribution in [0.3, 0.4) is 0 Å². The number of rotatable bonds is 9. The van der Waals surface area contributed by atoms with Gasteiger partial charge in [0.2, 0.25) is 0 Å². The molecule has 7 nitrogen and oxygen atoms in total. The number of carboxylic acid groups (broad SMARTS) is 1. The van der Waals surface area contributed by atoms with Crippen LogP contribution in [0.25, 0.3) is 0 Å². The third kappa shape index (κ3) is 6.07. The number of carbonyl (C=O) groups excluding carboxylic acids is 1. The van der Waals surface area contributed by atoms with Crippen molar-refractivity contribution in [1.82, 2.24) is 5.32 Å². The lowest BCUT2D eigenvalue weighted by atomic mass is 10.0. The summed E-state index contributed by atoms with van der Waals surface area (Å²) in [5.41, 5.74) is 0.579. The molecule has 27 heavy (non-hydrogen) atoms. The quantitative estimate of drug-likeness (QED) is 0.680. The monoisotopic (exact) mass is 393 g/mol. The van der Waals surface area contributed by atoms with Crippen molar-refractivity contribution in [3.63, 3.8) is 0 Å². The van der Waals surface area contributed by atoms with Crippen molar-refractivity contribution in [1.29, 1.82) is 0 Å². The van der Waals surface area contributed by atoms with Gasteiger partial charge in [0.1, 0.15) is 5.75 Å². The van der Waals surface area contributed by atoms with Crippen LogP contribution in [0.2, 0.25) is 5.02 Å². The minimum atomic E-state index is -1.05. The molecule has 1 unspecified atom stereocenters. The third-order valence-electron chi connectivity index (χ3n) is 3.71. The number of carbonyl (C=O) groups is 2. The van der Waals surface area contributed by atoms with Crippen molar-refractivity contribution in [2.75, 3.05) is 20.8 Å². The van der Waals surface area contributed by atoms with Crippen molar-refractivity contribution < 1.29 is 28.9 Å². The molecular formula is C19H20ClNO6. The van der Waals surface area contributed by atoms with Crippen LogP contribution >= 0.6 is 11.6 Å². The second-order valence-electron chi connectivity index (χ2n) is 5.57. The van der Waals surface area contributed by atoms with Crippen molar-refractivity contribution >= 4 is 23.5 Å². The van der Waals surface area contributed by atoms with E-state index >= 15 is 0 Å². The molecular weight excluding hydrogens is 374 g/mol. The highest BCUT2D eigenvalue weighted by Crippen LogP contribution is 2.31. The van der Waals surface area contributed by atoms with E-state index in [9.17, 15) is 9.59 Å². The van der Waals surface area contributed by atoms with Crippen LogP contribution in [-0.2, 0) is 9.59 Å². The summed E-state index contributed by atoms with van der Waals surface area (Å²) in [6.07, 6.45) is -0.290. The summed E-state index contributed by atoms with van der Waals surface area (Å²) in [7, 11) is 2.98. The van der Waals surface area contributed by atoms with Crippen LogP contribution in [0, 0.1) is 0 Å². The van der Waals surface area contributed by atoms with Gasteiger partial charge in [-0.2, -0.15) is 0 Å². The van der Waals surface area contributed by atoms with Crippen LogP contribution in [0.15, 0.2) is 42.5 Å². The standard InChI is InChI=1S/C19H20ClNO6/c1-25-16-8-3-12(9-17(16)26-2)15(10-19(23)24)21-18(22)11-27-14-6-4-13(20)5-7-14/h3-9,15H,10-11H2,1-2H3,(H,21,22)(H,23,24). The van der Waals surface area contributed by atoms with E-state index in [2.05, 4.69) is 5.32 Å². The number of carboxylic acids is 1. The molecule has 0 spiro atoms. The molecule has 0 saturated carbocycles. The number of amides is 1. The first-order chi connectivity index (χ1) is 12.9. The molecule has 1 amide bonds. The van der Waals surface area contributed by atoms with Crippen LogP contribution in [-0.4, -0.2) is 37.8 Å². The molecule has 0 heterocycles. The first-order valence-corrected chi connectivity index (χ1v) is 8.42. The molecule has 0 aromatic heterocycles.